The van der Waals surface area contributed by atoms with Gasteiger partial charge in [0.1, 0.15) is 22.5 Å². The Bertz CT molecular complexity index is 1090. The van der Waals surface area contributed by atoms with E-state index in [1.165, 1.54) is 14.2 Å². The standard InChI is InChI=1S/C20H20Cl3N5O2/c1-27(2)10-8-28(9-10)20-11-5-15(21)24-7-12(11)25-19(26-20)16-17(22)13(29-3)6-14(30-4)18(16)23/h5-7,10H,8-9H2,1-4H3. The van der Waals surface area contributed by atoms with Crippen LogP contribution in [0, 0.1) is 0 Å². The Morgan fingerprint density at radius 1 is 1.00 bits per heavy atom. The van der Waals surface area contributed by atoms with Gasteiger partial charge in [0.15, 0.2) is 5.82 Å². The van der Waals surface area contributed by atoms with Crippen LogP contribution < -0.4 is 14.4 Å². The molecular formula is C20H20Cl3N5O2. The summed E-state index contributed by atoms with van der Waals surface area (Å²) in [4.78, 5) is 18.0. The zero-order chi connectivity index (χ0) is 21.6. The number of rotatable bonds is 5. The average molecular weight is 469 g/mol. The Balaban J connectivity index is 1.93. The molecule has 158 valence electrons. The fourth-order valence-corrected chi connectivity index (χ4v) is 4.21. The number of nitrogens with zero attached hydrogens (tertiary/aromatic N) is 5. The predicted molar refractivity (Wildman–Crippen MR) is 121 cm³/mol. The number of halogens is 3. The summed E-state index contributed by atoms with van der Waals surface area (Å²) in [7, 11) is 7.18. The monoisotopic (exact) mass is 467 g/mol. The second-order valence-corrected chi connectivity index (χ2v) is 8.34. The van der Waals surface area contributed by atoms with Gasteiger partial charge in [0.05, 0.1) is 41.5 Å². The van der Waals surface area contributed by atoms with Crippen LogP contribution in [-0.4, -0.2) is 67.3 Å². The molecule has 0 unspecified atom stereocenters. The Morgan fingerprint density at radius 2 is 1.63 bits per heavy atom. The number of ether oxygens (including phenoxy) is 2. The Morgan fingerprint density at radius 3 is 2.20 bits per heavy atom. The number of benzene rings is 1. The minimum Gasteiger partial charge on any atom is -0.495 e. The molecule has 1 aliphatic heterocycles. The van der Waals surface area contributed by atoms with Crippen molar-refractivity contribution in [2.45, 2.75) is 6.04 Å². The van der Waals surface area contributed by atoms with E-state index in [1.807, 2.05) is 0 Å². The second kappa shape index (κ2) is 8.23. The average Bonchev–Trinajstić information content (AvgIpc) is 2.67. The van der Waals surface area contributed by atoms with Crippen LogP contribution in [0.5, 0.6) is 11.5 Å². The molecule has 1 aromatic carbocycles. The first-order valence-corrected chi connectivity index (χ1v) is 10.3. The lowest BCUT2D eigenvalue weighted by Crippen LogP contribution is -2.57. The smallest absolute Gasteiger partial charge is 0.165 e. The summed E-state index contributed by atoms with van der Waals surface area (Å²) in [5.74, 6) is 1.96. The SMILES string of the molecule is COc1cc(OC)c(Cl)c(-c2nc(N3CC(N(C)C)C3)c3cc(Cl)ncc3n2)c1Cl. The van der Waals surface area contributed by atoms with Crippen LogP contribution >= 0.6 is 34.8 Å². The molecule has 0 amide bonds. The Labute approximate surface area is 189 Å². The van der Waals surface area contributed by atoms with E-state index < -0.39 is 0 Å². The van der Waals surface area contributed by atoms with E-state index in [9.17, 15) is 0 Å². The fraction of sp³-hybridized carbons (Fsp3) is 0.350. The van der Waals surface area contributed by atoms with E-state index in [1.54, 1.807) is 18.3 Å². The van der Waals surface area contributed by atoms with Gasteiger partial charge < -0.3 is 19.3 Å². The molecule has 1 saturated heterocycles. The largest absolute Gasteiger partial charge is 0.495 e. The van der Waals surface area contributed by atoms with Gasteiger partial charge in [0.2, 0.25) is 0 Å². The third-order valence-corrected chi connectivity index (χ3v) is 6.18. The molecule has 0 aliphatic carbocycles. The molecule has 4 rings (SSSR count). The Kier molecular flexibility index (Phi) is 5.81. The summed E-state index contributed by atoms with van der Waals surface area (Å²) >= 11 is 19.3. The number of hydrogen-bond donors (Lipinski definition) is 0. The second-order valence-electron chi connectivity index (χ2n) is 7.20. The van der Waals surface area contributed by atoms with E-state index in [0.717, 1.165) is 24.3 Å². The third-order valence-electron chi connectivity index (χ3n) is 5.22. The van der Waals surface area contributed by atoms with Crippen LogP contribution in [0.4, 0.5) is 5.82 Å². The molecule has 0 spiro atoms. The molecule has 30 heavy (non-hydrogen) atoms. The highest BCUT2D eigenvalue weighted by atomic mass is 35.5. The fourth-order valence-electron chi connectivity index (χ4n) is 3.38. The first-order chi connectivity index (χ1) is 14.3. The van der Waals surface area contributed by atoms with Gasteiger partial charge in [-0.3, -0.25) is 0 Å². The molecule has 1 fully saturated rings. The molecular weight excluding hydrogens is 449 g/mol. The van der Waals surface area contributed by atoms with Crippen LogP contribution in [0.3, 0.4) is 0 Å². The molecule has 1 aliphatic rings. The van der Waals surface area contributed by atoms with Crippen molar-refractivity contribution < 1.29 is 9.47 Å². The summed E-state index contributed by atoms with van der Waals surface area (Å²) in [5, 5.41) is 1.82. The summed E-state index contributed by atoms with van der Waals surface area (Å²) in [6.07, 6.45) is 1.62. The summed E-state index contributed by atoms with van der Waals surface area (Å²) in [6, 6.07) is 3.85. The van der Waals surface area contributed by atoms with Gasteiger partial charge >= 0.3 is 0 Å². The van der Waals surface area contributed by atoms with Gasteiger partial charge in [-0.2, -0.15) is 0 Å². The normalized spacial score (nSPS) is 14.3. The van der Waals surface area contributed by atoms with Crippen molar-refractivity contribution in [3.05, 3.63) is 33.5 Å². The van der Waals surface area contributed by atoms with Crippen molar-refractivity contribution in [2.75, 3.05) is 46.3 Å². The number of aromatic nitrogens is 3. The van der Waals surface area contributed by atoms with Crippen LogP contribution in [0.1, 0.15) is 0 Å². The van der Waals surface area contributed by atoms with Gasteiger partial charge in [0.25, 0.3) is 0 Å². The van der Waals surface area contributed by atoms with Crippen LogP contribution in [0.2, 0.25) is 15.2 Å². The van der Waals surface area contributed by atoms with Crippen molar-refractivity contribution in [2.24, 2.45) is 0 Å². The minimum atomic E-state index is 0.310. The van der Waals surface area contributed by atoms with Gasteiger partial charge in [-0.05, 0) is 20.2 Å². The Hall–Kier alpha value is -2.06. The molecule has 3 heterocycles. The maximum atomic E-state index is 6.60. The van der Waals surface area contributed by atoms with E-state index in [4.69, 9.17) is 49.3 Å². The lowest BCUT2D eigenvalue weighted by molar-refractivity contribution is 0.246. The lowest BCUT2D eigenvalue weighted by Gasteiger charge is -2.43. The maximum absolute atomic E-state index is 6.60. The number of pyridine rings is 1. The summed E-state index contributed by atoms with van der Waals surface area (Å²) in [5.41, 5.74) is 1.08. The van der Waals surface area contributed by atoms with Gasteiger partial charge in [0, 0.05) is 30.6 Å². The predicted octanol–water partition coefficient (Wildman–Crippen LogP) is 4.42. The first-order valence-electron chi connectivity index (χ1n) is 9.19. The number of anilines is 1. The zero-order valence-electron chi connectivity index (χ0n) is 16.9. The highest BCUT2D eigenvalue weighted by Gasteiger charge is 2.32. The topological polar surface area (TPSA) is 63.6 Å². The minimum absolute atomic E-state index is 0.310. The van der Waals surface area contributed by atoms with Gasteiger partial charge in [-0.1, -0.05) is 34.8 Å². The number of likely N-dealkylation sites (N-methyl/N-ethyl adjacent to an activating group) is 1. The molecule has 0 radical (unpaired) electrons. The molecule has 0 atom stereocenters. The molecule has 3 aromatic rings. The van der Waals surface area contributed by atoms with Crippen molar-refractivity contribution in [3.8, 4) is 22.9 Å². The summed E-state index contributed by atoms with van der Waals surface area (Å²) < 4.78 is 10.8. The van der Waals surface area contributed by atoms with Crippen molar-refractivity contribution in [1.29, 1.82) is 0 Å². The molecule has 0 N–H and O–H groups in total. The van der Waals surface area contributed by atoms with E-state index >= 15 is 0 Å². The van der Waals surface area contributed by atoms with E-state index in [0.29, 0.717) is 49.6 Å². The zero-order valence-corrected chi connectivity index (χ0v) is 19.2. The van der Waals surface area contributed by atoms with Gasteiger partial charge in [-0.15, -0.1) is 0 Å². The number of hydrogen-bond acceptors (Lipinski definition) is 7. The van der Waals surface area contributed by atoms with Crippen molar-refractivity contribution in [1.82, 2.24) is 19.9 Å². The highest BCUT2D eigenvalue weighted by Crippen LogP contribution is 2.46. The quantitative estimate of drug-likeness (QED) is 0.514. The van der Waals surface area contributed by atoms with Crippen molar-refractivity contribution in [3.63, 3.8) is 0 Å². The van der Waals surface area contributed by atoms with Crippen LogP contribution in [0.15, 0.2) is 18.3 Å². The maximum Gasteiger partial charge on any atom is 0.165 e. The van der Waals surface area contributed by atoms with Gasteiger partial charge in [-0.25, -0.2) is 15.0 Å². The van der Waals surface area contributed by atoms with Crippen LogP contribution in [-0.2, 0) is 0 Å². The molecule has 0 bridgehead atoms. The molecule has 7 nitrogen and oxygen atoms in total. The molecule has 0 saturated carbocycles. The highest BCUT2D eigenvalue weighted by molar-refractivity contribution is 6.41. The first kappa shape index (κ1) is 21.2. The number of methoxy groups -OCH3 is 2. The molecule has 2 aromatic heterocycles. The summed E-state index contributed by atoms with van der Waals surface area (Å²) in [6.45, 7) is 1.67. The third kappa shape index (κ3) is 3.60. The van der Waals surface area contributed by atoms with E-state index in [-0.39, 0.29) is 0 Å². The van der Waals surface area contributed by atoms with Crippen molar-refractivity contribution >= 4 is 51.5 Å². The lowest BCUT2D eigenvalue weighted by atomic mass is 10.1. The molecule has 10 heteroatoms. The number of fused-ring (bicyclic) bond motifs is 1. The van der Waals surface area contributed by atoms with Crippen LogP contribution in [0.25, 0.3) is 22.3 Å². The van der Waals surface area contributed by atoms with E-state index in [2.05, 4.69) is 33.9 Å².